The Morgan fingerprint density at radius 2 is 1.45 bits per heavy atom. The molecule has 0 saturated carbocycles. The van der Waals surface area contributed by atoms with Gasteiger partial charge in [0, 0.05) is 11.3 Å². The van der Waals surface area contributed by atoms with Crippen LogP contribution in [0.15, 0.2) is 48.5 Å². The number of aryl methyl sites for hydroxylation is 2. The number of carbonyl (C=O) groups is 2. The van der Waals surface area contributed by atoms with Crippen molar-refractivity contribution in [1.29, 1.82) is 0 Å². The normalized spacial score (nSPS) is 9.90. The first-order valence-corrected chi connectivity index (χ1v) is 6.31. The number of anilines is 1. The van der Waals surface area contributed by atoms with Crippen LogP contribution < -0.4 is 10.6 Å². The second-order valence-corrected chi connectivity index (χ2v) is 4.54. The molecule has 4 heteroatoms. The minimum Gasteiger partial charge on any atom is -0.308 e. The van der Waals surface area contributed by atoms with Crippen LogP contribution in [0.3, 0.4) is 0 Å². The summed E-state index contributed by atoms with van der Waals surface area (Å²) in [6, 6.07) is 14.0. The highest BCUT2D eigenvalue weighted by Gasteiger charge is 2.14. The minimum absolute atomic E-state index is 0.394. The molecule has 0 radical (unpaired) electrons. The third-order valence-electron chi connectivity index (χ3n) is 2.97. The van der Waals surface area contributed by atoms with Gasteiger partial charge >= 0.3 is 6.03 Å². The van der Waals surface area contributed by atoms with Gasteiger partial charge in [0.15, 0.2) is 0 Å². The van der Waals surface area contributed by atoms with E-state index in [2.05, 4.69) is 10.6 Å². The monoisotopic (exact) mass is 268 g/mol. The summed E-state index contributed by atoms with van der Waals surface area (Å²) in [4.78, 5) is 23.9. The first-order valence-electron chi connectivity index (χ1n) is 6.31. The Bertz CT molecular complexity index is 616. The summed E-state index contributed by atoms with van der Waals surface area (Å²) < 4.78 is 0. The second-order valence-electron chi connectivity index (χ2n) is 4.54. The Hall–Kier alpha value is -2.62. The molecule has 0 atom stereocenters. The molecule has 3 amide bonds. The third-order valence-corrected chi connectivity index (χ3v) is 2.97. The summed E-state index contributed by atoms with van der Waals surface area (Å²) in [7, 11) is 0. The molecule has 0 unspecified atom stereocenters. The molecule has 0 bridgehead atoms. The molecule has 2 aromatic carbocycles. The van der Waals surface area contributed by atoms with Gasteiger partial charge in [-0.1, -0.05) is 36.4 Å². The molecule has 4 nitrogen and oxygen atoms in total. The van der Waals surface area contributed by atoms with E-state index in [1.807, 2.05) is 50.2 Å². The number of carbonyl (C=O) groups excluding carboxylic acids is 2. The average molecular weight is 268 g/mol. The van der Waals surface area contributed by atoms with E-state index < -0.39 is 11.9 Å². The summed E-state index contributed by atoms with van der Waals surface area (Å²) in [6.07, 6.45) is 0. The van der Waals surface area contributed by atoms with E-state index in [0.717, 1.165) is 11.1 Å². The molecule has 102 valence electrons. The van der Waals surface area contributed by atoms with Crippen molar-refractivity contribution in [2.45, 2.75) is 13.8 Å². The molecule has 2 N–H and O–H groups in total. The molecular weight excluding hydrogens is 252 g/mol. The Balaban J connectivity index is 2.07. The average Bonchev–Trinajstić information content (AvgIpc) is 2.39. The van der Waals surface area contributed by atoms with Crippen LogP contribution in [-0.2, 0) is 0 Å². The second kappa shape index (κ2) is 6.02. The summed E-state index contributed by atoms with van der Waals surface area (Å²) in [6.45, 7) is 3.69. The number of benzene rings is 2. The van der Waals surface area contributed by atoms with Gasteiger partial charge in [-0.25, -0.2) is 4.79 Å². The van der Waals surface area contributed by atoms with Crippen molar-refractivity contribution in [3.05, 3.63) is 65.2 Å². The molecule has 0 fully saturated rings. The molecule has 0 heterocycles. The van der Waals surface area contributed by atoms with Crippen LogP contribution in [0.25, 0.3) is 0 Å². The number of rotatable bonds is 2. The maximum Gasteiger partial charge on any atom is 0.326 e. The maximum atomic E-state index is 12.1. The summed E-state index contributed by atoms with van der Waals surface area (Å²) in [5.74, 6) is -0.394. The van der Waals surface area contributed by atoms with E-state index in [1.54, 1.807) is 12.1 Å². The third kappa shape index (κ3) is 3.23. The molecule has 20 heavy (non-hydrogen) atoms. The number of para-hydroxylation sites is 1. The topological polar surface area (TPSA) is 58.2 Å². The van der Waals surface area contributed by atoms with Crippen molar-refractivity contribution in [1.82, 2.24) is 5.32 Å². The number of hydrogen-bond donors (Lipinski definition) is 2. The quantitative estimate of drug-likeness (QED) is 0.878. The van der Waals surface area contributed by atoms with Gasteiger partial charge in [-0.2, -0.15) is 0 Å². The highest BCUT2D eigenvalue weighted by molar-refractivity contribution is 6.09. The van der Waals surface area contributed by atoms with E-state index >= 15 is 0 Å². The first kappa shape index (κ1) is 13.8. The van der Waals surface area contributed by atoms with Crippen molar-refractivity contribution >= 4 is 17.6 Å². The zero-order chi connectivity index (χ0) is 14.5. The lowest BCUT2D eigenvalue weighted by atomic mass is 10.0. The Morgan fingerprint density at radius 3 is 2.05 bits per heavy atom. The van der Waals surface area contributed by atoms with Crippen LogP contribution in [0.5, 0.6) is 0 Å². The largest absolute Gasteiger partial charge is 0.326 e. The molecule has 2 rings (SSSR count). The van der Waals surface area contributed by atoms with E-state index in [0.29, 0.717) is 11.3 Å². The highest BCUT2D eigenvalue weighted by Crippen LogP contribution is 2.13. The molecule has 0 aliphatic carbocycles. The van der Waals surface area contributed by atoms with Crippen LogP contribution in [0.2, 0.25) is 0 Å². The van der Waals surface area contributed by atoms with Crippen LogP contribution in [0, 0.1) is 13.8 Å². The predicted octanol–water partition coefficient (Wildman–Crippen LogP) is 3.27. The van der Waals surface area contributed by atoms with E-state index in [-0.39, 0.29) is 0 Å². The number of hydrogen-bond acceptors (Lipinski definition) is 2. The Morgan fingerprint density at radius 1 is 0.850 bits per heavy atom. The maximum absolute atomic E-state index is 12.1. The standard InChI is InChI=1S/C16H16N2O2/c1-11-7-6-8-12(2)14(11)15(19)18-16(20)17-13-9-4-3-5-10-13/h3-10H,1-2H3,(H2,17,18,19,20). The summed E-state index contributed by atoms with van der Waals surface area (Å²) >= 11 is 0. The summed E-state index contributed by atoms with van der Waals surface area (Å²) in [5, 5.41) is 4.95. The molecule has 0 aromatic heterocycles. The van der Waals surface area contributed by atoms with Crippen LogP contribution in [0.1, 0.15) is 21.5 Å². The Kier molecular flexibility index (Phi) is 4.15. The summed E-state index contributed by atoms with van der Waals surface area (Å²) in [5.41, 5.74) is 2.86. The van der Waals surface area contributed by atoms with Gasteiger partial charge in [-0.05, 0) is 37.1 Å². The fourth-order valence-electron chi connectivity index (χ4n) is 2.02. The number of imide groups is 1. The van der Waals surface area contributed by atoms with Crippen LogP contribution in [0.4, 0.5) is 10.5 Å². The first-order chi connectivity index (χ1) is 9.58. The molecular formula is C16H16N2O2. The zero-order valence-corrected chi connectivity index (χ0v) is 11.4. The molecule has 0 aliphatic heterocycles. The fraction of sp³-hybridized carbons (Fsp3) is 0.125. The predicted molar refractivity (Wildman–Crippen MR) is 78.8 cm³/mol. The fourth-order valence-corrected chi connectivity index (χ4v) is 2.02. The number of urea groups is 1. The van der Waals surface area contributed by atoms with Gasteiger partial charge in [-0.15, -0.1) is 0 Å². The Labute approximate surface area is 117 Å². The van der Waals surface area contributed by atoms with Crippen molar-refractivity contribution in [3.8, 4) is 0 Å². The lowest BCUT2D eigenvalue weighted by molar-refractivity contribution is 0.0966. The van der Waals surface area contributed by atoms with Crippen molar-refractivity contribution in [2.75, 3.05) is 5.32 Å². The lowest BCUT2D eigenvalue weighted by Gasteiger charge is -2.10. The van der Waals surface area contributed by atoms with Crippen LogP contribution in [-0.4, -0.2) is 11.9 Å². The molecule has 0 saturated heterocycles. The number of nitrogens with one attached hydrogen (secondary N) is 2. The van der Waals surface area contributed by atoms with Gasteiger partial charge < -0.3 is 5.32 Å². The van der Waals surface area contributed by atoms with Gasteiger partial charge in [0.05, 0.1) is 0 Å². The smallest absolute Gasteiger partial charge is 0.308 e. The minimum atomic E-state index is -0.538. The van der Waals surface area contributed by atoms with Gasteiger partial charge in [0.2, 0.25) is 0 Å². The lowest BCUT2D eigenvalue weighted by Crippen LogP contribution is -2.35. The van der Waals surface area contributed by atoms with Gasteiger partial charge in [-0.3, -0.25) is 10.1 Å². The van der Waals surface area contributed by atoms with Crippen molar-refractivity contribution in [3.63, 3.8) is 0 Å². The van der Waals surface area contributed by atoms with Crippen molar-refractivity contribution in [2.24, 2.45) is 0 Å². The van der Waals surface area contributed by atoms with E-state index in [4.69, 9.17) is 0 Å². The molecule has 0 spiro atoms. The van der Waals surface area contributed by atoms with Gasteiger partial charge in [0.1, 0.15) is 0 Å². The SMILES string of the molecule is Cc1cccc(C)c1C(=O)NC(=O)Nc1ccccc1. The highest BCUT2D eigenvalue weighted by atomic mass is 16.2. The van der Waals surface area contributed by atoms with Gasteiger partial charge in [0.25, 0.3) is 5.91 Å². The van der Waals surface area contributed by atoms with Crippen LogP contribution >= 0.6 is 0 Å². The zero-order valence-electron chi connectivity index (χ0n) is 11.4. The van der Waals surface area contributed by atoms with E-state index in [9.17, 15) is 9.59 Å². The molecule has 0 aliphatic rings. The molecule has 2 aromatic rings. The number of amides is 3. The van der Waals surface area contributed by atoms with E-state index in [1.165, 1.54) is 0 Å². The van der Waals surface area contributed by atoms with Crippen molar-refractivity contribution < 1.29 is 9.59 Å².